The molecule has 20 heavy (non-hydrogen) atoms. The second-order valence-corrected chi connectivity index (χ2v) is 5.82. The van der Waals surface area contributed by atoms with E-state index in [2.05, 4.69) is 29.4 Å². The Labute approximate surface area is 123 Å². The maximum atomic E-state index is 6.13. The minimum atomic E-state index is 0.242. The maximum Gasteiger partial charge on any atom is 0.0798 e. The van der Waals surface area contributed by atoms with Crippen molar-refractivity contribution in [1.29, 1.82) is 0 Å². The van der Waals surface area contributed by atoms with Gasteiger partial charge in [0.15, 0.2) is 0 Å². The molecule has 112 valence electrons. The summed E-state index contributed by atoms with van der Waals surface area (Å²) < 4.78 is 6.13. The van der Waals surface area contributed by atoms with E-state index in [1.807, 2.05) is 20.2 Å². The molecule has 0 spiro atoms. The number of hydrogen-bond donors (Lipinski definition) is 1. The van der Waals surface area contributed by atoms with Crippen molar-refractivity contribution in [3.05, 3.63) is 29.6 Å². The third-order valence-electron chi connectivity index (χ3n) is 4.41. The Morgan fingerprint density at radius 1 is 1.30 bits per heavy atom. The van der Waals surface area contributed by atoms with Crippen molar-refractivity contribution in [1.82, 2.24) is 10.3 Å². The van der Waals surface area contributed by atoms with E-state index in [4.69, 9.17) is 4.74 Å². The van der Waals surface area contributed by atoms with Crippen molar-refractivity contribution >= 4 is 0 Å². The molecule has 3 heteroatoms. The summed E-state index contributed by atoms with van der Waals surface area (Å²) in [7, 11) is 2.03. The average molecular weight is 276 g/mol. The zero-order valence-electron chi connectivity index (χ0n) is 13.1. The monoisotopic (exact) mass is 276 g/mol. The summed E-state index contributed by atoms with van der Waals surface area (Å²) in [5, 5.41) is 3.46. The number of aromatic nitrogens is 1. The van der Waals surface area contributed by atoms with Crippen molar-refractivity contribution < 1.29 is 4.74 Å². The molecule has 0 aliphatic heterocycles. The average Bonchev–Trinajstić information content (AvgIpc) is 2.50. The van der Waals surface area contributed by atoms with Crippen LogP contribution >= 0.6 is 0 Å². The summed E-state index contributed by atoms with van der Waals surface area (Å²) in [4.78, 5) is 4.44. The van der Waals surface area contributed by atoms with Gasteiger partial charge < -0.3 is 10.1 Å². The third kappa shape index (κ3) is 3.80. The third-order valence-corrected chi connectivity index (χ3v) is 4.41. The van der Waals surface area contributed by atoms with Crippen molar-refractivity contribution in [2.45, 2.75) is 58.1 Å². The molecule has 2 rings (SSSR count). The Kier molecular flexibility index (Phi) is 5.99. The highest BCUT2D eigenvalue weighted by molar-refractivity contribution is 5.19. The van der Waals surface area contributed by atoms with E-state index >= 15 is 0 Å². The van der Waals surface area contributed by atoms with Crippen LogP contribution in [0.3, 0.4) is 0 Å². The lowest BCUT2D eigenvalue weighted by molar-refractivity contribution is -0.0168. The molecule has 1 aromatic rings. The van der Waals surface area contributed by atoms with Crippen LogP contribution in [0.15, 0.2) is 18.3 Å². The molecule has 3 nitrogen and oxygen atoms in total. The SMILES string of the molecule is CCOC(C1CCCCC1)C(NC)c1ccc(C)nc1. The summed E-state index contributed by atoms with van der Waals surface area (Å²) in [5.41, 5.74) is 2.30. The first-order chi connectivity index (χ1) is 9.76. The summed E-state index contributed by atoms with van der Waals surface area (Å²) in [6, 6.07) is 4.51. The molecular weight excluding hydrogens is 248 g/mol. The standard InChI is InChI=1S/C17H28N2O/c1-4-20-17(14-8-6-5-7-9-14)16(18-3)15-11-10-13(2)19-12-15/h10-12,14,16-18H,4-9H2,1-3H3. The molecule has 1 aliphatic rings. The number of rotatable bonds is 6. The molecular formula is C17H28N2O. The van der Waals surface area contributed by atoms with E-state index < -0.39 is 0 Å². The molecule has 0 saturated heterocycles. The van der Waals surface area contributed by atoms with Gasteiger partial charge in [-0.3, -0.25) is 4.98 Å². The van der Waals surface area contributed by atoms with Gasteiger partial charge in [-0.25, -0.2) is 0 Å². The highest BCUT2D eigenvalue weighted by atomic mass is 16.5. The summed E-state index contributed by atoms with van der Waals surface area (Å²) >= 11 is 0. The molecule has 1 N–H and O–H groups in total. The van der Waals surface area contributed by atoms with Gasteiger partial charge in [0.2, 0.25) is 0 Å². The van der Waals surface area contributed by atoms with Crippen LogP contribution in [-0.2, 0) is 4.74 Å². The van der Waals surface area contributed by atoms with Crippen molar-refractivity contribution in [2.24, 2.45) is 5.92 Å². The van der Waals surface area contributed by atoms with Crippen molar-refractivity contribution in [3.63, 3.8) is 0 Å². The molecule has 0 amide bonds. The predicted octanol–water partition coefficient (Wildman–Crippen LogP) is 3.64. The minimum absolute atomic E-state index is 0.242. The largest absolute Gasteiger partial charge is 0.376 e. The van der Waals surface area contributed by atoms with Gasteiger partial charge >= 0.3 is 0 Å². The first-order valence-electron chi connectivity index (χ1n) is 7.97. The van der Waals surface area contributed by atoms with Crippen LogP contribution in [0.5, 0.6) is 0 Å². The van der Waals surface area contributed by atoms with Gasteiger partial charge in [0.1, 0.15) is 0 Å². The highest BCUT2D eigenvalue weighted by Crippen LogP contribution is 2.34. The lowest BCUT2D eigenvalue weighted by atomic mass is 9.81. The quantitative estimate of drug-likeness (QED) is 0.861. The molecule has 0 aromatic carbocycles. The van der Waals surface area contributed by atoms with Gasteiger partial charge in [0, 0.05) is 18.5 Å². The number of nitrogens with zero attached hydrogens (tertiary/aromatic N) is 1. The van der Waals surface area contributed by atoms with E-state index in [1.165, 1.54) is 37.7 Å². The molecule has 1 fully saturated rings. The van der Waals surface area contributed by atoms with Gasteiger partial charge in [0.05, 0.1) is 12.1 Å². The Morgan fingerprint density at radius 2 is 2.05 bits per heavy atom. The Morgan fingerprint density at radius 3 is 2.60 bits per heavy atom. The maximum absolute atomic E-state index is 6.13. The zero-order valence-corrected chi connectivity index (χ0v) is 13.1. The van der Waals surface area contributed by atoms with Crippen LogP contribution in [0.2, 0.25) is 0 Å². The lowest BCUT2D eigenvalue weighted by Gasteiger charge is -2.35. The van der Waals surface area contributed by atoms with Crippen LogP contribution in [0, 0.1) is 12.8 Å². The Bertz CT molecular complexity index is 384. The number of ether oxygens (including phenoxy) is 1. The van der Waals surface area contributed by atoms with E-state index in [0.717, 1.165) is 12.3 Å². The van der Waals surface area contributed by atoms with Gasteiger partial charge in [-0.15, -0.1) is 0 Å². The number of hydrogen-bond acceptors (Lipinski definition) is 3. The van der Waals surface area contributed by atoms with E-state index in [-0.39, 0.29) is 12.1 Å². The first kappa shape index (κ1) is 15.5. The fraction of sp³-hybridized carbons (Fsp3) is 0.706. The van der Waals surface area contributed by atoms with Crippen LogP contribution < -0.4 is 5.32 Å². The zero-order chi connectivity index (χ0) is 14.4. The predicted molar refractivity (Wildman–Crippen MR) is 82.8 cm³/mol. The molecule has 1 aromatic heterocycles. The fourth-order valence-electron chi connectivity index (χ4n) is 3.34. The van der Waals surface area contributed by atoms with E-state index in [9.17, 15) is 0 Å². The van der Waals surface area contributed by atoms with E-state index in [0.29, 0.717) is 5.92 Å². The minimum Gasteiger partial charge on any atom is -0.376 e. The van der Waals surface area contributed by atoms with Gasteiger partial charge in [-0.05, 0) is 51.3 Å². The normalized spacial score (nSPS) is 19.8. The Hall–Kier alpha value is -0.930. The summed E-state index contributed by atoms with van der Waals surface area (Å²) in [6.45, 7) is 4.90. The number of aryl methyl sites for hydroxylation is 1. The first-order valence-corrected chi connectivity index (χ1v) is 7.97. The van der Waals surface area contributed by atoms with Crippen molar-refractivity contribution in [3.8, 4) is 0 Å². The van der Waals surface area contributed by atoms with Crippen molar-refractivity contribution in [2.75, 3.05) is 13.7 Å². The highest BCUT2D eigenvalue weighted by Gasteiger charge is 2.31. The molecule has 1 saturated carbocycles. The fourth-order valence-corrected chi connectivity index (χ4v) is 3.34. The Balaban J connectivity index is 2.17. The molecule has 0 radical (unpaired) electrons. The number of likely N-dealkylation sites (N-methyl/N-ethyl adjacent to an activating group) is 1. The topological polar surface area (TPSA) is 34.1 Å². The smallest absolute Gasteiger partial charge is 0.0798 e. The molecule has 0 bridgehead atoms. The molecule has 1 heterocycles. The molecule has 1 aliphatic carbocycles. The van der Waals surface area contributed by atoms with Crippen LogP contribution in [0.4, 0.5) is 0 Å². The lowest BCUT2D eigenvalue weighted by Crippen LogP contribution is -2.38. The van der Waals surface area contributed by atoms with Gasteiger partial charge in [-0.2, -0.15) is 0 Å². The van der Waals surface area contributed by atoms with Gasteiger partial charge in [0.25, 0.3) is 0 Å². The van der Waals surface area contributed by atoms with Crippen LogP contribution in [0.1, 0.15) is 56.3 Å². The van der Waals surface area contributed by atoms with E-state index in [1.54, 1.807) is 0 Å². The van der Waals surface area contributed by atoms with Crippen LogP contribution in [-0.4, -0.2) is 24.7 Å². The molecule has 2 atom stereocenters. The summed E-state index contributed by atoms with van der Waals surface area (Å²) in [5.74, 6) is 0.669. The summed E-state index contributed by atoms with van der Waals surface area (Å²) in [6.07, 6.45) is 8.91. The van der Waals surface area contributed by atoms with Crippen LogP contribution in [0.25, 0.3) is 0 Å². The number of pyridine rings is 1. The second kappa shape index (κ2) is 7.75. The second-order valence-electron chi connectivity index (χ2n) is 5.82. The number of nitrogens with one attached hydrogen (secondary N) is 1. The molecule has 2 unspecified atom stereocenters. The van der Waals surface area contributed by atoms with Gasteiger partial charge in [-0.1, -0.05) is 25.3 Å².